The van der Waals surface area contributed by atoms with Crippen LogP contribution in [0.15, 0.2) is 12.1 Å². The molecule has 0 bridgehead atoms. The van der Waals surface area contributed by atoms with E-state index in [1.807, 2.05) is 19.1 Å². The van der Waals surface area contributed by atoms with Gasteiger partial charge in [0, 0.05) is 4.88 Å². The average Bonchev–Trinajstić information content (AvgIpc) is 2.74. The number of thiophene rings is 1. The highest BCUT2D eigenvalue weighted by atomic mass is 32.1. The summed E-state index contributed by atoms with van der Waals surface area (Å²) in [6.07, 6.45) is 6.37. The van der Waals surface area contributed by atoms with Gasteiger partial charge in [0.25, 0.3) is 0 Å². The SMILES string of the molecule is Cc1ccc(C(=O)COC2CCCCC2)s1. The van der Waals surface area contributed by atoms with Crippen molar-refractivity contribution in [2.24, 2.45) is 0 Å². The van der Waals surface area contributed by atoms with Crippen LogP contribution in [0.4, 0.5) is 0 Å². The molecule has 88 valence electrons. The van der Waals surface area contributed by atoms with E-state index in [9.17, 15) is 4.79 Å². The third kappa shape index (κ3) is 3.16. The number of hydrogen-bond donors (Lipinski definition) is 0. The lowest BCUT2D eigenvalue weighted by Gasteiger charge is -2.21. The van der Waals surface area contributed by atoms with E-state index in [1.54, 1.807) is 11.3 Å². The van der Waals surface area contributed by atoms with Crippen molar-refractivity contribution >= 4 is 17.1 Å². The first-order chi connectivity index (χ1) is 7.75. The summed E-state index contributed by atoms with van der Waals surface area (Å²) >= 11 is 1.55. The molecule has 3 heteroatoms. The van der Waals surface area contributed by atoms with Gasteiger partial charge >= 0.3 is 0 Å². The van der Waals surface area contributed by atoms with Gasteiger partial charge in [-0.1, -0.05) is 19.3 Å². The molecule has 1 aliphatic rings. The van der Waals surface area contributed by atoms with Crippen molar-refractivity contribution in [1.82, 2.24) is 0 Å². The van der Waals surface area contributed by atoms with Gasteiger partial charge in [0.05, 0.1) is 11.0 Å². The topological polar surface area (TPSA) is 26.3 Å². The first-order valence-corrected chi connectivity index (χ1v) is 6.78. The van der Waals surface area contributed by atoms with Crippen LogP contribution in [0, 0.1) is 6.92 Å². The fourth-order valence-corrected chi connectivity index (χ4v) is 2.87. The van der Waals surface area contributed by atoms with Crippen molar-refractivity contribution < 1.29 is 9.53 Å². The number of rotatable bonds is 4. The normalized spacial score (nSPS) is 17.6. The highest BCUT2D eigenvalue weighted by Crippen LogP contribution is 2.21. The number of ketones is 1. The molecule has 0 aliphatic heterocycles. The van der Waals surface area contributed by atoms with Gasteiger partial charge in [0.15, 0.2) is 5.78 Å². The molecule has 0 amide bonds. The lowest BCUT2D eigenvalue weighted by Crippen LogP contribution is -2.20. The Bertz CT molecular complexity index is 351. The molecule has 1 aromatic heterocycles. The summed E-state index contributed by atoms with van der Waals surface area (Å²) in [5.74, 6) is 0.128. The Kier molecular flexibility index (Phi) is 4.13. The summed E-state index contributed by atoms with van der Waals surface area (Å²) in [7, 11) is 0. The molecule has 1 aliphatic carbocycles. The maximum Gasteiger partial charge on any atom is 0.198 e. The zero-order valence-electron chi connectivity index (χ0n) is 9.70. The van der Waals surface area contributed by atoms with E-state index in [0.717, 1.165) is 17.7 Å². The summed E-state index contributed by atoms with van der Waals surface area (Å²) < 4.78 is 5.67. The van der Waals surface area contributed by atoms with Crippen LogP contribution in [0.5, 0.6) is 0 Å². The molecular weight excluding hydrogens is 220 g/mol. The van der Waals surface area contributed by atoms with E-state index in [4.69, 9.17) is 4.74 Å². The van der Waals surface area contributed by atoms with E-state index >= 15 is 0 Å². The third-order valence-corrected chi connectivity index (χ3v) is 4.06. The Labute approximate surface area is 101 Å². The Morgan fingerprint density at radius 3 is 2.75 bits per heavy atom. The predicted octanol–water partition coefficient (Wildman–Crippen LogP) is 3.59. The first kappa shape index (κ1) is 11.8. The van der Waals surface area contributed by atoms with Gasteiger partial charge in [0.2, 0.25) is 0 Å². The van der Waals surface area contributed by atoms with Crippen LogP contribution in [-0.2, 0) is 4.74 Å². The smallest absolute Gasteiger partial charge is 0.198 e. The fourth-order valence-electron chi connectivity index (χ4n) is 2.08. The zero-order chi connectivity index (χ0) is 11.4. The molecule has 0 saturated heterocycles. The molecule has 1 fully saturated rings. The largest absolute Gasteiger partial charge is 0.370 e. The van der Waals surface area contributed by atoms with Crippen molar-refractivity contribution in [3.05, 3.63) is 21.9 Å². The van der Waals surface area contributed by atoms with Gasteiger partial charge in [-0.3, -0.25) is 4.79 Å². The Morgan fingerprint density at radius 1 is 1.38 bits per heavy atom. The first-order valence-electron chi connectivity index (χ1n) is 5.97. The van der Waals surface area contributed by atoms with Gasteiger partial charge in [0.1, 0.15) is 6.61 Å². The standard InChI is InChI=1S/C13H18O2S/c1-10-7-8-13(16-10)12(14)9-15-11-5-3-2-4-6-11/h7-8,11H,2-6,9H2,1H3. The summed E-state index contributed by atoms with van der Waals surface area (Å²) in [6.45, 7) is 2.27. The summed E-state index contributed by atoms with van der Waals surface area (Å²) in [5.41, 5.74) is 0. The molecule has 1 aromatic rings. The van der Waals surface area contributed by atoms with Gasteiger partial charge in [-0.15, -0.1) is 11.3 Å². The van der Waals surface area contributed by atoms with Crippen LogP contribution in [0.2, 0.25) is 0 Å². The van der Waals surface area contributed by atoms with Crippen LogP contribution in [-0.4, -0.2) is 18.5 Å². The van der Waals surface area contributed by atoms with Crippen LogP contribution in [0.3, 0.4) is 0 Å². The number of hydrogen-bond acceptors (Lipinski definition) is 3. The molecule has 1 saturated carbocycles. The molecule has 0 unspecified atom stereocenters. The molecule has 0 radical (unpaired) electrons. The number of ether oxygens (including phenoxy) is 1. The molecule has 16 heavy (non-hydrogen) atoms. The lowest BCUT2D eigenvalue weighted by atomic mass is 9.98. The Morgan fingerprint density at radius 2 is 2.12 bits per heavy atom. The number of aryl methyl sites for hydroxylation is 1. The number of Topliss-reactive ketones (excluding diaryl/α,β-unsaturated/α-hetero) is 1. The number of carbonyl (C=O) groups excluding carboxylic acids is 1. The molecule has 2 nitrogen and oxygen atoms in total. The van der Waals surface area contributed by atoms with E-state index in [2.05, 4.69) is 0 Å². The van der Waals surface area contributed by atoms with Gasteiger partial charge in [-0.25, -0.2) is 0 Å². The van der Waals surface area contributed by atoms with E-state index in [-0.39, 0.29) is 12.4 Å². The van der Waals surface area contributed by atoms with Crippen molar-refractivity contribution in [3.8, 4) is 0 Å². The molecule has 0 aromatic carbocycles. The second-order valence-corrected chi connectivity index (χ2v) is 5.69. The maximum absolute atomic E-state index is 11.8. The highest BCUT2D eigenvalue weighted by molar-refractivity contribution is 7.14. The highest BCUT2D eigenvalue weighted by Gasteiger charge is 2.16. The zero-order valence-corrected chi connectivity index (χ0v) is 10.5. The lowest BCUT2D eigenvalue weighted by molar-refractivity contribution is 0.0286. The van der Waals surface area contributed by atoms with Crippen LogP contribution in [0.25, 0.3) is 0 Å². The third-order valence-electron chi connectivity index (χ3n) is 3.02. The van der Waals surface area contributed by atoms with Gasteiger partial charge in [-0.05, 0) is 31.9 Å². The Hall–Kier alpha value is -0.670. The number of carbonyl (C=O) groups is 1. The Balaban J connectivity index is 1.79. The maximum atomic E-state index is 11.8. The summed E-state index contributed by atoms with van der Waals surface area (Å²) in [6, 6.07) is 3.88. The predicted molar refractivity (Wildman–Crippen MR) is 66.2 cm³/mol. The van der Waals surface area contributed by atoms with Crippen molar-refractivity contribution in [1.29, 1.82) is 0 Å². The van der Waals surface area contributed by atoms with Crippen LogP contribution in [0.1, 0.15) is 46.7 Å². The van der Waals surface area contributed by atoms with Crippen LogP contribution < -0.4 is 0 Å². The minimum absolute atomic E-state index is 0.128. The monoisotopic (exact) mass is 238 g/mol. The second-order valence-electron chi connectivity index (χ2n) is 4.40. The minimum atomic E-state index is 0.128. The van der Waals surface area contributed by atoms with E-state index in [1.165, 1.54) is 24.1 Å². The van der Waals surface area contributed by atoms with Crippen LogP contribution >= 0.6 is 11.3 Å². The summed E-state index contributed by atoms with van der Waals surface area (Å²) in [4.78, 5) is 13.8. The molecule has 0 N–H and O–H groups in total. The van der Waals surface area contributed by atoms with Crippen molar-refractivity contribution in [2.75, 3.05) is 6.61 Å². The molecule has 0 atom stereocenters. The van der Waals surface area contributed by atoms with Crippen molar-refractivity contribution in [2.45, 2.75) is 45.1 Å². The average molecular weight is 238 g/mol. The summed E-state index contributed by atoms with van der Waals surface area (Å²) in [5, 5.41) is 0. The molecule has 0 spiro atoms. The van der Waals surface area contributed by atoms with E-state index in [0.29, 0.717) is 6.10 Å². The molecular formula is C13H18O2S. The minimum Gasteiger partial charge on any atom is -0.370 e. The van der Waals surface area contributed by atoms with Crippen molar-refractivity contribution in [3.63, 3.8) is 0 Å². The van der Waals surface area contributed by atoms with E-state index < -0.39 is 0 Å². The quantitative estimate of drug-likeness (QED) is 0.749. The van der Waals surface area contributed by atoms with Gasteiger partial charge < -0.3 is 4.74 Å². The molecule has 2 rings (SSSR count). The second kappa shape index (κ2) is 5.60. The van der Waals surface area contributed by atoms with Gasteiger partial charge in [-0.2, -0.15) is 0 Å². The molecule has 1 heterocycles. The fraction of sp³-hybridized carbons (Fsp3) is 0.615.